The minimum absolute atomic E-state index is 0.0224. The van der Waals surface area contributed by atoms with Gasteiger partial charge in [0.2, 0.25) is 5.91 Å². The Kier molecular flexibility index (Phi) is 3.77. The maximum absolute atomic E-state index is 12.0. The van der Waals surface area contributed by atoms with E-state index in [9.17, 15) is 4.79 Å². The molecule has 1 aliphatic rings. The molecule has 1 N–H and O–H groups in total. The molecule has 17 heavy (non-hydrogen) atoms. The third-order valence-corrected chi connectivity index (χ3v) is 3.92. The van der Waals surface area contributed by atoms with Crippen LogP contribution in [0.3, 0.4) is 0 Å². The Morgan fingerprint density at radius 3 is 2.94 bits per heavy atom. The van der Waals surface area contributed by atoms with Gasteiger partial charge in [-0.15, -0.1) is 11.3 Å². The number of rotatable bonds is 3. The van der Waals surface area contributed by atoms with Crippen molar-refractivity contribution in [3.05, 3.63) is 17.0 Å². The number of hydrogen-bond donors (Lipinski definition) is 1. The van der Waals surface area contributed by atoms with Crippen LogP contribution in [0.5, 0.6) is 0 Å². The van der Waals surface area contributed by atoms with E-state index in [0.717, 1.165) is 13.1 Å². The molecule has 0 aliphatic carbocycles. The number of likely N-dealkylation sites (tertiary alicyclic amines) is 1. The van der Waals surface area contributed by atoms with Crippen molar-refractivity contribution in [1.82, 2.24) is 4.90 Å². The average molecular weight is 249 g/mol. The number of amides is 1. The first-order valence-electron chi connectivity index (χ1n) is 5.75. The normalized spacial score (nSPS) is 17.6. The van der Waals surface area contributed by atoms with Crippen LogP contribution in [-0.2, 0) is 4.79 Å². The second-order valence-electron chi connectivity index (χ2n) is 4.18. The van der Waals surface area contributed by atoms with E-state index in [1.54, 1.807) is 6.07 Å². The molecule has 2 rings (SSSR count). The van der Waals surface area contributed by atoms with Gasteiger partial charge < -0.3 is 5.32 Å². The minimum Gasteiger partial charge on any atom is -0.315 e. The molecule has 1 aromatic heterocycles. The summed E-state index contributed by atoms with van der Waals surface area (Å²) in [5, 5.41) is 14.2. The SMILES string of the molecule is C[C@H](C(=O)Nc1sccc1C#N)N1CCCC1. The molecule has 0 unspecified atom stereocenters. The van der Waals surface area contributed by atoms with Gasteiger partial charge in [0.05, 0.1) is 11.6 Å². The van der Waals surface area contributed by atoms with E-state index in [4.69, 9.17) is 5.26 Å². The predicted molar refractivity (Wildman–Crippen MR) is 67.9 cm³/mol. The first-order valence-corrected chi connectivity index (χ1v) is 6.63. The van der Waals surface area contributed by atoms with E-state index in [1.165, 1.54) is 24.2 Å². The van der Waals surface area contributed by atoms with E-state index in [0.29, 0.717) is 10.6 Å². The summed E-state index contributed by atoms with van der Waals surface area (Å²) >= 11 is 1.39. The van der Waals surface area contributed by atoms with E-state index >= 15 is 0 Å². The largest absolute Gasteiger partial charge is 0.315 e. The van der Waals surface area contributed by atoms with Crippen molar-refractivity contribution in [1.29, 1.82) is 5.26 Å². The van der Waals surface area contributed by atoms with Crippen LogP contribution in [-0.4, -0.2) is 29.9 Å². The maximum atomic E-state index is 12.0. The van der Waals surface area contributed by atoms with E-state index in [-0.39, 0.29) is 11.9 Å². The van der Waals surface area contributed by atoms with Crippen molar-refractivity contribution >= 4 is 22.2 Å². The van der Waals surface area contributed by atoms with Crippen LogP contribution in [0.2, 0.25) is 0 Å². The molecule has 1 aromatic rings. The van der Waals surface area contributed by atoms with Crippen molar-refractivity contribution in [3.8, 4) is 6.07 Å². The topological polar surface area (TPSA) is 56.1 Å². The Hall–Kier alpha value is -1.38. The molecule has 0 saturated carbocycles. The third kappa shape index (κ3) is 2.65. The Morgan fingerprint density at radius 2 is 2.29 bits per heavy atom. The summed E-state index contributed by atoms with van der Waals surface area (Å²) in [6, 6.07) is 3.68. The number of carbonyl (C=O) groups excluding carboxylic acids is 1. The molecule has 4 nitrogen and oxygen atoms in total. The van der Waals surface area contributed by atoms with Crippen molar-refractivity contribution < 1.29 is 4.79 Å². The fourth-order valence-corrected chi connectivity index (χ4v) is 2.75. The summed E-state index contributed by atoms with van der Waals surface area (Å²) in [5.41, 5.74) is 0.539. The van der Waals surface area contributed by atoms with Gasteiger partial charge in [0.1, 0.15) is 11.1 Å². The Bertz CT molecular complexity index is 443. The highest BCUT2D eigenvalue weighted by molar-refractivity contribution is 7.14. The lowest BCUT2D eigenvalue weighted by Gasteiger charge is -2.22. The molecule has 5 heteroatoms. The number of thiophene rings is 1. The van der Waals surface area contributed by atoms with Crippen molar-refractivity contribution in [3.63, 3.8) is 0 Å². The number of nitrogens with zero attached hydrogens (tertiary/aromatic N) is 2. The van der Waals surface area contributed by atoms with Gasteiger partial charge in [0, 0.05) is 0 Å². The average Bonchev–Trinajstić information content (AvgIpc) is 2.98. The monoisotopic (exact) mass is 249 g/mol. The summed E-state index contributed by atoms with van der Waals surface area (Å²) in [6.45, 7) is 3.90. The lowest BCUT2D eigenvalue weighted by molar-refractivity contribution is -0.120. The number of carbonyl (C=O) groups is 1. The zero-order chi connectivity index (χ0) is 12.3. The highest BCUT2D eigenvalue weighted by Gasteiger charge is 2.24. The highest BCUT2D eigenvalue weighted by Crippen LogP contribution is 2.23. The summed E-state index contributed by atoms with van der Waals surface area (Å²) in [7, 11) is 0. The van der Waals surface area contributed by atoms with Gasteiger partial charge in [-0.3, -0.25) is 9.69 Å². The molecule has 0 spiro atoms. The highest BCUT2D eigenvalue weighted by atomic mass is 32.1. The molecular weight excluding hydrogens is 234 g/mol. The molecule has 1 fully saturated rings. The zero-order valence-electron chi connectivity index (χ0n) is 9.77. The Morgan fingerprint density at radius 1 is 1.59 bits per heavy atom. The van der Waals surface area contributed by atoms with Crippen LogP contribution in [0, 0.1) is 11.3 Å². The summed E-state index contributed by atoms with van der Waals surface area (Å²) in [5.74, 6) is -0.0224. The number of hydrogen-bond acceptors (Lipinski definition) is 4. The second kappa shape index (κ2) is 5.30. The lowest BCUT2D eigenvalue weighted by Crippen LogP contribution is -2.40. The van der Waals surface area contributed by atoms with Gasteiger partial charge in [0.25, 0.3) is 0 Å². The van der Waals surface area contributed by atoms with Crippen molar-refractivity contribution in [2.45, 2.75) is 25.8 Å². The Labute approximate surface area is 105 Å². The fourth-order valence-electron chi connectivity index (χ4n) is 2.01. The number of anilines is 1. The molecule has 2 heterocycles. The summed E-state index contributed by atoms with van der Waals surface area (Å²) < 4.78 is 0. The zero-order valence-corrected chi connectivity index (χ0v) is 10.6. The molecule has 1 atom stereocenters. The first-order chi connectivity index (χ1) is 8.22. The first kappa shape index (κ1) is 12.1. The van der Waals surface area contributed by atoms with Crippen LogP contribution in [0.4, 0.5) is 5.00 Å². The molecular formula is C12H15N3OS. The molecule has 0 bridgehead atoms. The third-order valence-electron chi connectivity index (χ3n) is 3.09. The van der Waals surface area contributed by atoms with Crippen LogP contribution >= 0.6 is 11.3 Å². The van der Waals surface area contributed by atoms with Crippen LogP contribution in [0.15, 0.2) is 11.4 Å². The van der Waals surface area contributed by atoms with Crippen LogP contribution in [0.25, 0.3) is 0 Å². The standard InChI is InChI=1S/C12H15N3OS/c1-9(15-5-2-3-6-15)11(16)14-12-10(8-13)4-7-17-12/h4,7,9H,2-3,5-6H2,1H3,(H,14,16)/t9-/m1/s1. The number of nitriles is 1. The van der Waals surface area contributed by atoms with E-state index in [1.807, 2.05) is 12.3 Å². The molecule has 0 aromatic carbocycles. The van der Waals surface area contributed by atoms with Gasteiger partial charge in [-0.25, -0.2) is 0 Å². The van der Waals surface area contributed by atoms with Gasteiger partial charge in [0.15, 0.2) is 0 Å². The van der Waals surface area contributed by atoms with Gasteiger partial charge >= 0.3 is 0 Å². The quantitative estimate of drug-likeness (QED) is 0.892. The lowest BCUT2D eigenvalue weighted by atomic mass is 10.2. The summed E-state index contributed by atoms with van der Waals surface area (Å²) in [4.78, 5) is 14.2. The molecule has 1 aliphatic heterocycles. The predicted octanol–water partition coefficient (Wildman–Crippen LogP) is 2.04. The molecule has 1 saturated heterocycles. The molecule has 0 radical (unpaired) electrons. The fraction of sp³-hybridized carbons (Fsp3) is 0.500. The van der Waals surface area contributed by atoms with E-state index in [2.05, 4.69) is 16.3 Å². The minimum atomic E-state index is -0.119. The van der Waals surface area contributed by atoms with Crippen LogP contribution < -0.4 is 5.32 Å². The maximum Gasteiger partial charge on any atom is 0.242 e. The molecule has 1 amide bonds. The summed E-state index contributed by atoms with van der Waals surface area (Å²) in [6.07, 6.45) is 2.33. The smallest absolute Gasteiger partial charge is 0.242 e. The number of nitrogens with one attached hydrogen (secondary N) is 1. The van der Waals surface area contributed by atoms with Crippen molar-refractivity contribution in [2.75, 3.05) is 18.4 Å². The Balaban J connectivity index is 1.99. The van der Waals surface area contributed by atoms with Gasteiger partial charge in [-0.1, -0.05) is 0 Å². The second-order valence-corrected chi connectivity index (χ2v) is 5.10. The van der Waals surface area contributed by atoms with Crippen molar-refractivity contribution in [2.24, 2.45) is 0 Å². The van der Waals surface area contributed by atoms with Crippen LogP contribution in [0.1, 0.15) is 25.3 Å². The molecule has 90 valence electrons. The van der Waals surface area contributed by atoms with E-state index < -0.39 is 0 Å². The van der Waals surface area contributed by atoms with Gasteiger partial charge in [-0.2, -0.15) is 5.26 Å². The van der Waals surface area contributed by atoms with Gasteiger partial charge in [-0.05, 0) is 44.3 Å².